The number of nitriles is 1. The number of halogens is 3. The lowest BCUT2D eigenvalue weighted by atomic mass is 10.1. The summed E-state index contributed by atoms with van der Waals surface area (Å²) in [5, 5.41) is 9.11. The fraction of sp³-hybridized carbons (Fsp3) is 0.143. The molecule has 0 aliphatic carbocycles. The molecule has 0 spiro atoms. The summed E-state index contributed by atoms with van der Waals surface area (Å²) in [6.07, 6.45) is 2.15. The van der Waals surface area contributed by atoms with E-state index in [1.807, 2.05) is 6.07 Å². The van der Waals surface area contributed by atoms with E-state index in [4.69, 9.17) is 21.6 Å². The molecule has 1 aromatic carbocycles. The largest absolute Gasteiger partial charge is 0.494 e. The van der Waals surface area contributed by atoms with Gasteiger partial charge in [0.15, 0.2) is 11.6 Å². The molecule has 3 aromatic heterocycles. The minimum absolute atomic E-state index is 0.00488. The fourth-order valence-corrected chi connectivity index (χ4v) is 4.71. The first kappa shape index (κ1) is 21.7. The summed E-state index contributed by atoms with van der Waals surface area (Å²) in [7, 11) is 1.31. The number of aryl methyl sites for hydroxylation is 1. The molecule has 3 heterocycles. The molecule has 4 rings (SSSR count). The van der Waals surface area contributed by atoms with Crippen LogP contribution < -0.4 is 16.0 Å². The SMILES string of the molecule is COc1cc(-c2cc3c(s2)c(=O)n(-c2cncc(F)c2)c(=O)n3CCC#N)c(Cl)cc1F. The van der Waals surface area contributed by atoms with Crippen LogP contribution in [0.5, 0.6) is 5.75 Å². The summed E-state index contributed by atoms with van der Waals surface area (Å²) < 4.78 is 35.0. The molecule has 162 valence electrons. The Bertz CT molecular complexity index is 1520. The van der Waals surface area contributed by atoms with E-state index in [0.29, 0.717) is 10.4 Å². The fourth-order valence-electron chi connectivity index (χ4n) is 3.28. The van der Waals surface area contributed by atoms with Gasteiger partial charge in [-0.05, 0) is 18.2 Å². The van der Waals surface area contributed by atoms with Crippen LogP contribution in [-0.2, 0) is 6.54 Å². The maximum absolute atomic E-state index is 14.0. The molecular weight excluding hydrogens is 462 g/mol. The maximum Gasteiger partial charge on any atom is 0.336 e. The van der Waals surface area contributed by atoms with Crippen molar-refractivity contribution in [2.45, 2.75) is 13.0 Å². The van der Waals surface area contributed by atoms with Crippen molar-refractivity contribution in [3.05, 3.63) is 74.2 Å². The number of aromatic nitrogens is 3. The molecule has 0 saturated heterocycles. The molecule has 32 heavy (non-hydrogen) atoms. The third-order valence-corrected chi connectivity index (χ3v) is 6.18. The third-order valence-electron chi connectivity index (χ3n) is 4.73. The second-order valence-corrected chi connectivity index (χ2v) is 8.10. The van der Waals surface area contributed by atoms with Crippen LogP contribution in [-0.4, -0.2) is 21.2 Å². The lowest BCUT2D eigenvalue weighted by molar-refractivity contribution is 0.387. The zero-order valence-electron chi connectivity index (χ0n) is 16.4. The van der Waals surface area contributed by atoms with Crippen LogP contribution in [0.25, 0.3) is 26.3 Å². The predicted octanol–water partition coefficient (Wildman–Crippen LogP) is 4.13. The average Bonchev–Trinajstić information content (AvgIpc) is 3.19. The second kappa shape index (κ2) is 8.53. The van der Waals surface area contributed by atoms with Gasteiger partial charge >= 0.3 is 5.69 Å². The molecule has 4 aromatic rings. The van der Waals surface area contributed by atoms with Crippen molar-refractivity contribution in [3.63, 3.8) is 0 Å². The minimum atomic E-state index is -0.739. The summed E-state index contributed by atoms with van der Waals surface area (Å²) in [6, 6.07) is 7.06. The molecule has 11 heteroatoms. The summed E-state index contributed by atoms with van der Waals surface area (Å²) in [4.78, 5) is 30.6. The van der Waals surface area contributed by atoms with Gasteiger partial charge in [0.25, 0.3) is 5.56 Å². The molecule has 0 bridgehead atoms. The number of thiophene rings is 1. The zero-order chi connectivity index (χ0) is 23.0. The van der Waals surface area contributed by atoms with Gasteiger partial charge in [-0.2, -0.15) is 5.26 Å². The highest BCUT2D eigenvalue weighted by molar-refractivity contribution is 7.22. The van der Waals surface area contributed by atoms with E-state index >= 15 is 0 Å². The Hall–Kier alpha value is -3.55. The Morgan fingerprint density at radius 2 is 2.00 bits per heavy atom. The first-order chi connectivity index (χ1) is 15.3. The number of methoxy groups -OCH3 is 1. The van der Waals surface area contributed by atoms with Crippen molar-refractivity contribution in [1.29, 1.82) is 5.26 Å². The number of hydrogen-bond donors (Lipinski definition) is 0. The molecule has 7 nitrogen and oxygen atoms in total. The van der Waals surface area contributed by atoms with Gasteiger partial charge < -0.3 is 4.74 Å². The maximum atomic E-state index is 14.0. The Morgan fingerprint density at radius 1 is 1.22 bits per heavy atom. The van der Waals surface area contributed by atoms with E-state index in [1.54, 1.807) is 6.07 Å². The molecule has 0 unspecified atom stereocenters. The van der Waals surface area contributed by atoms with E-state index in [1.165, 1.54) is 23.9 Å². The number of pyridine rings is 1. The predicted molar refractivity (Wildman–Crippen MR) is 117 cm³/mol. The Kier molecular flexibility index (Phi) is 5.78. The van der Waals surface area contributed by atoms with E-state index in [9.17, 15) is 18.4 Å². The summed E-state index contributed by atoms with van der Waals surface area (Å²) in [6.45, 7) is 0.00546. The Balaban J connectivity index is 2.05. The summed E-state index contributed by atoms with van der Waals surface area (Å²) in [5.41, 5.74) is -0.757. The number of rotatable bonds is 5. The van der Waals surface area contributed by atoms with E-state index in [2.05, 4.69) is 4.98 Å². The summed E-state index contributed by atoms with van der Waals surface area (Å²) in [5.74, 6) is -1.39. The molecule has 0 aliphatic heterocycles. The van der Waals surface area contributed by atoms with Crippen molar-refractivity contribution in [2.24, 2.45) is 0 Å². The topological polar surface area (TPSA) is 89.9 Å². The Morgan fingerprint density at radius 3 is 2.69 bits per heavy atom. The molecule has 0 atom stereocenters. The van der Waals surface area contributed by atoms with E-state index in [-0.39, 0.29) is 39.6 Å². The van der Waals surface area contributed by atoms with Crippen LogP contribution >= 0.6 is 22.9 Å². The highest BCUT2D eigenvalue weighted by Crippen LogP contribution is 2.38. The zero-order valence-corrected chi connectivity index (χ0v) is 18.0. The van der Waals surface area contributed by atoms with E-state index in [0.717, 1.165) is 34.2 Å². The number of fused-ring (bicyclic) bond motifs is 1. The third kappa shape index (κ3) is 3.66. The highest BCUT2D eigenvalue weighted by Gasteiger charge is 2.20. The minimum Gasteiger partial charge on any atom is -0.494 e. The average molecular weight is 475 g/mol. The quantitative estimate of drug-likeness (QED) is 0.434. The van der Waals surface area contributed by atoms with Gasteiger partial charge in [0.1, 0.15) is 10.5 Å². The molecule has 0 N–H and O–H groups in total. The lowest BCUT2D eigenvalue weighted by Crippen LogP contribution is -2.38. The summed E-state index contributed by atoms with van der Waals surface area (Å²) >= 11 is 7.26. The monoisotopic (exact) mass is 474 g/mol. The lowest BCUT2D eigenvalue weighted by Gasteiger charge is -2.10. The number of benzene rings is 1. The van der Waals surface area contributed by atoms with Crippen LogP contribution in [0.15, 0.2) is 46.2 Å². The normalized spacial score (nSPS) is 11.0. The van der Waals surface area contributed by atoms with Gasteiger partial charge in [-0.25, -0.2) is 18.1 Å². The van der Waals surface area contributed by atoms with Gasteiger partial charge in [-0.15, -0.1) is 11.3 Å². The van der Waals surface area contributed by atoms with Crippen molar-refractivity contribution >= 4 is 33.2 Å². The van der Waals surface area contributed by atoms with Gasteiger partial charge in [0, 0.05) is 23.1 Å². The van der Waals surface area contributed by atoms with E-state index < -0.39 is 22.9 Å². The van der Waals surface area contributed by atoms with Crippen LogP contribution in [0, 0.1) is 23.0 Å². The van der Waals surface area contributed by atoms with Crippen molar-refractivity contribution < 1.29 is 13.5 Å². The van der Waals surface area contributed by atoms with Crippen molar-refractivity contribution in [2.75, 3.05) is 7.11 Å². The second-order valence-electron chi connectivity index (χ2n) is 6.64. The van der Waals surface area contributed by atoms with Gasteiger partial charge in [0.2, 0.25) is 0 Å². The molecule has 0 amide bonds. The standard InChI is InChI=1S/C21H13ClF2N4O3S/c1-31-17-6-13(14(22)7-15(17)24)18-8-16-19(32-18)20(29)28(12-5-11(23)9-26-10-12)21(30)27(16)4-2-3-25/h5-10H,2,4H2,1H3. The molecular formula is C21H13ClF2N4O3S. The first-order valence-corrected chi connectivity index (χ1v) is 10.4. The van der Waals surface area contributed by atoms with Crippen LogP contribution in [0.3, 0.4) is 0 Å². The van der Waals surface area contributed by atoms with Gasteiger partial charge in [-0.3, -0.25) is 14.3 Å². The van der Waals surface area contributed by atoms with Crippen molar-refractivity contribution in [3.8, 4) is 27.9 Å². The highest BCUT2D eigenvalue weighted by atomic mass is 35.5. The molecule has 0 saturated carbocycles. The smallest absolute Gasteiger partial charge is 0.336 e. The molecule has 0 fully saturated rings. The number of ether oxygens (including phenoxy) is 1. The molecule has 0 aliphatic rings. The van der Waals surface area contributed by atoms with Crippen LogP contribution in [0.1, 0.15) is 6.42 Å². The van der Waals surface area contributed by atoms with Crippen molar-refractivity contribution in [1.82, 2.24) is 14.1 Å². The number of nitrogens with zero attached hydrogens (tertiary/aromatic N) is 4. The van der Waals surface area contributed by atoms with Crippen LogP contribution in [0.4, 0.5) is 8.78 Å². The number of hydrogen-bond acceptors (Lipinski definition) is 6. The van der Waals surface area contributed by atoms with Gasteiger partial charge in [0.05, 0.1) is 48.2 Å². The molecule has 0 radical (unpaired) electrons. The first-order valence-electron chi connectivity index (χ1n) is 9.16. The van der Waals surface area contributed by atoms with Gasteiger partial charge in [-0.1, -0.05) is 11.6 Å². The van der Waals surface area contributed by atoms with Crippen LogP contribution in [0.2, 0.25) is 5.02 Å². The Labute approximate surface area is 188 Å².